The largest absolute Gasteiger partial charge is 0.352 e. The molecular weight excluding hydrogens is 278 g/mol. The lowest BCUT2D eigenvalue weighted by atomic mass is 10.1. The van der Waals surface area contributed by atoms with Crippen molar-refractivity contribution < 1.29 is 9.59 Å². The van der Waals surface area contributed by atoms with Crippen molar-refractivity contribution in [3.8, 4) is 6.07 Å². The zero-order chi connectivity index (χ0) is 15.9. The van der Waals surface area contributed by atoms with E-state index in [1.807, 2.05) is 6.07 Å². The van der Waals surface area contributed by atoms with Crippen molar-refractivity contribution >= 4 is 17.5 Å². The molecule has 2 aromatic rings. The quantitative estimate of drug-likeness (QED) is 0.908. The van der Waals surface area contributed by atoms with Crippen LogP contribution in [-0.4, -0.2) is 11.8 Å². The van der Waals surface area contributed by atoms with Gasteiger partial charge in [0.25, 0.3) is 5.91 Å². The average molecular weight is 293 g/mol. The summed E-state index contributed by atoms with van der Waals surface area (Å²) in [7, 11) is 0. The maximum atomic E-state index is 12.1. The monoisotopic (exact) mass is 293 g/mol. The van der Waals surface area contributed by atoms with Crippen molar-refractivity contribution in [2.75, 3.05) is 5.32 Å². The highest BCUT2D eigenvalue weighted by molar-refractivity contribution is 6.04. The van der Waals surface area contributed by atoms with E-state index in [2.05, 4.69) is 10.6 Å². The SMILES string of the molecule is CC(=O)NCc1ccc(C(=O)Nc2cccc(C#N)c2)cc1. The van der Waals surface area contributed by atoms with E-state index in [4.69, 9.17) is 5.26 Å². The minimum Gasteiger partial charge on any atom is -0.352 e. The van der Waals surface area contributed by atoms with Gasteiger partial charge in [-0.15, -0.1) is 0 Å². The van der Waals surface area contributed by atoms with E-state index in [0.29, 0.717) is 23.4 Å². The van der Waals surface area contributed by atoms with Gasteiger partial charge in [0.15, 0.2) is 0 Å². The number of hydrogen-bond acceptors (Lipinski definition) is 3. The maximum Gasteiger partial charge on any atom is 0.255 e. The standard InChI is InChI=1S/C17H15N3O2/c1-12(21)19-11-13-5-7-15(8-6-13)17(22)20-16-4-2-3-14(9-16)10-18/h2-9H,11H2,1H3,(H,19,21)(H,20,22). The van der Waals surface area contributed by atoms with E-state index in [1.54, 1.807) is 48.5 Å². The van der Waals surface area contributed by atoms with Crippen molar-refractivity contribution in [2.45, 2.75) is 13.5 Å². The molecule has 2 rings (SSSR count). The Morgan fingerprint density at radius 2 is 1.86 bits per heavy atom. The van der Waals surface area contributed by atoms with E-state index < -0.39 is 0 Å². The molecule has 2 amide bonds. The van der Waals surface area contributed by atoms with Crippen molar-refractivity contribution in [1.29, 1.82) is 5.26 Å². The van der Waals surface area contributed by atoms with E-state index in [9.17, 15) is 9.59 Å². The molecule has 22 heavy (non-hydrogen) atoms. The van der Waals surface area contributed by atoms with Crippen LogP contribution in [0.5, 0.6) is 0 Å². The summed E-state index contributed by atoms with van der Waals surface area (Å²) in [4.78, 5) is 23.0. The molecule has 0 aliphatic carbocycles. The van der Waals surface area contributed by atoms with Crippen LogP contribution in [0.25, 0.3) is 0 Å². The highest BCUT2D eigenvalue weighted by Crippen LogP contribution is 2.12. The third-order valence-corrected chi connectivity index (χ3v) is 3.01. The normalized spacial score (nSPS) is 9.64. The zero-order valence-corrected chi connectivity index (χ0v) is 12.1. The van der Waals surface area contributed by atoms with Crippen molar-refractivity contribution in [3.63, 3.8) is 0 Å². The molecule has 0 fully saturated rings. The number of nitrogens with zero attached hydrogens (tertiary/aromatic N) is 1. The summed E-state index contributed by atoms with van der Waals surface area (Å²) in [6.07, 6.45) is 0. The lowest BCUT2D eigenvalue weighted by Crippen LogP contribution is -2.19. The molecule has 0 saturated carbocycles. The minimum atomic E-state index is -0.249. The lowest BCUT2D eigenvalue weighted by Gasteiger charge is -2.07. The molecule has 2 aromatic carbocycles. The van der Waals surface area contributed by atoms with Gasteiger partial charge in [0.05, 0.1) is 11.6 Å². The number of nitriles is 1. The molecule has 0 heterocycles. The predicted octanol–water partition coefficient (Wildman–Crippen LogP) is 2.45. The second-order valence-corrected chi connectivity index (χ2v) is 4.75. The Labute approximate surface area is 128 Å². The Kier molecular flexibility index (Phi) is 4.89. The fourth-order valence-corrected chi connectivity index (χ4v) is 1.87. The second kappa shape index (κ2) is 7.04. The first kappa shape index (κ1) is 15.3. The Morgan fingerprint density at radius 1 is 1.14 bits per heavy atom. The van der Waals surface area contributed by atoms with Gasteiger partial charge in [-0.05, 0) is 35.9 Å². The second-order valence-electron chi connectivity index (χ2n) is 4.75. The lowest BCUT2D eigenvalue weighted by molar-refractivity contribution is -0.119. The van der Waals surface area contributed by atoms with E-state index in [0.717, 1.165) is 5.56 Å². The van der Waals surface area contributed by atoms with Crippen LogP contribution in [0.3, 0.4) is 0 Å². The van der Waals surface area contributed by atoms with Gasteiger partial charge in [-0.25, -0.2) is 0 Å². The molecule has 0 aliphatic rings. The summed E-state index contributed by atoms with van der Waals surface area (Å²) >= 11 is 0. The maximum absolute atomic E-state index is 12.1. The molecule has 0 atom stereocenters. The number of amides is 2. The van der Waals surface area contributed by atoms with Crippen LogP contribution in [0.2, 0.25) is 0 Å². The number of rotatable bonds is 4. The summed E-state index contributed by atoms with van der Waals surface area (Å²) in [5, 5.41) is 14.3. The molecule has 0 saturated heterocycles. The first-order valence-electron chi connectivity index (χ1n) is 6.73. The van der Waals surface area contributed by atoms with Gasteiger partial charge in [0.2, 0.25) is 5.91 Å². The Morgan fingerprint density at radius 3 is 2.50 bits per heavy atom. The van der Waals surface area contributed by atoms with Gasteiger partial charge in [-0.1, -0.05) is 18.2 Å². The molecule has 0 radical (unpaired) electrons. The van der Waals surface area contributed by atoms with Crippen molar-refractivity contribution in [1.82, 2.24) is 5.32 Å². The first-order chi connectivity index (χ1) is 10.6. The topological polar surface area (TPSA) is 82.0 Å². The number of benzene rings is 2. The first-order valence-corrected chi connectivity index (χ1v) is 6.73. The molecule has 2 N–H and O–H groups in total. The van der Waals surface area contributed by atoms with Crippen LogP contribution >= 0.6 is 0 Å². The van der Waals surface area contributed by atoms with Crippen LogP contribution in [0.1, 0.15) is 28.4 Å². The van der Waals surface area contributed by atoms with E-state index in [1.165, 1.54) is 6.92 Å². The van der Waals surface area contributed by atoms with E-state index in [-0.39, 0.29) is 11.8 Å². The average Bonchev–Trinajstić information content (AvgIpc) is 2.53. The minimum absolute atomic E-state index is 0.0980. The summed E-state index contributed by atoms with van der Waals surface area (Å²) in [6.45, 7) is 1.89. The van der Waals surface area contributed by atoms with E-state index >= 15 is 0 Å². The third-order valence-electron chi connectivity index (χ3n) is 3.01. The smallest absolute Gasteiger partial charge is 0.255 e. The van der Waals surface area contributed by atoms with Crippen LogP contribution in [0.15, 0.2) is 48.5 Å². The van der Waals surface area contributed by atoms with Gasteiger partial charge in [0, 0.05) is 24.7 Å². The van der Waals surface area contributed by atoms with Crippen LogP contribution in [-0.2, 0) is 11.3 Å². The molecule has 5 nitrogen and oxygen atoms in total. The zero-order valence-electron chi connectivity index (χ0n) is 12.1. The van der Waals surface area contributed by atoms with Gasteiger partial charge in [-0.2, -0.15) is 5.26 Å². The fraction of sp³-hybridized carbons (Fsp3) is 0.118. The highest BCUT2D eigenvalue weighted by atomic mass is 16.2. The van der Waals surface area contributed by atoms with Gasteiger partial charge in [-0.3, -0.25) is 9.59 Å². The molecule has 0 aromatic heterocycles. The highest BCUT2D eigenvalue weighted by Gasteiger charge is 2.06. The Balaban J connectivity index is 2.03. The summed E-state index contributed by atoms with van der Waals surface area (Å²) in [6, 6.07) is 15.7. The summed E-state index contributed by atoms with van der Waals surface area (Å²) in [5.41, 5.74) is 2.49. The number of anilines is 1. The van der Waals surface area contributed by atoms with Crippen molar-refractivity contribution in [2.24, 2.45) is 0 Å². The number of hydrogen-bond donors (Lipinski definition) is 2. The predicted molar refractivity (Wildman–Crippen MR) is 83.1 cm³/mol. The molecule has 0 spiro atoms. The summed E-state index contributed by atoms with van der Waals surface area (Å²) < 4.78 is 0. The van der Waals surface area contributed by atoms with Crippen LogP contribution in [0.4, 0.5) is 5.69 Å². The molecule has 0 unspecified atom stereocenters. The number of nitrogens with one attached hydrogen (secondary N) is 2. The number of carbonyl (C=O) groups is 2. The van der Waals surface area contributed by atoms with Crippen molar-refractivity contribution in [3.05, 3.63) is 65.2 Å². The van der Waals surface area contributed by atoms with Crippen LogP contribution in [0, 0.1) is 11.3 Å². The third kappa shape index (κ3) is 4.18. The molecule has 110 valence electrons. The summed E-state index contributed by atoms with van der Waals surface area (Å²) in [5.74, 6) is -0.347. The van der Waals surface area contributed by atoms with Crippen LogP contribution < -0.4 is 10.6 Å². The fourth-order valence-electron chi connectivity index (χ4n) is 1.87. The van der Waals surface area contributed by atoms with Gasteiger partial charge >= 0.3 is 0 Å². The van der Waals surface area contributed by atoms with Gasteiger partial charge in [0.1, 0.15) is 0 Å². The molecule has 5 heteroatoms. The Hall–Kier alpha value is -3.13. The number of carbonyl (C=O) groups excluding carboxylic acids is 2. The Bertz CT molecular complexity index is 730. The molecular formula is C17H15N3O2. The van der Waals surface area contributed by atoms with Gasteiger partial charge < -0.3 is 10.6 Å². The molecule has 0 aliphatic heterocycles. The molecule has 0 bridgehead atoms.